The average Bonchev–Trinajstić information content (AvgIpc) is 2.99. The minimum absolute atomic E-state index is 0.117. The SMILES string of the molecule is COc1cccc([C@H]2S[C@@H](C)C(=O)Nc3c2c(C)nn3-c2ccc(F)cc2)c1OC. The number of hydrogen-bond donors (Lipinski definition) is 1. The Morgan fingerprint density at radius 1 is 1.13 bits per heavy atom. The molecule has 1 aliphatic rings. The predicted molar refractivity (Wildman–Crippen MR) is 115 cm³/mol. The number of hydrogen-bond acceptors (Lipinski definition) is 5. The number of ether oxygens (including phenoxy) is 2. The van der Waals surface area contributed by atoms with Gasteiger partial charge in [-0.2, -0.15) is 5.10 Å². The number of halogens is 1. The van der Waals surface area contributed by atoms with Crippen molar-refractivity contribution in [1.29, 1.82) is 0 Å². The van der Waals surface area contributed by atoms with Gasteiger partial charge in [0.2, 0.25) is 5.91 Å². The molecule has 30 heavy (non-hydrogen) atoms. The summed E-state index contributed by atoms with van der Waals surface area (Å²) in [6.07, 6.45) is 0. The van der Waals surface area contributed by atoms with Crippen molar-refractivity contribution < 1.29 is 18.7 Å². The molecule has 0 unspecified atom stereocenters. The maximum absolute atomic E-state index is 13.4. The molecule has 2 heterocycles. The lowest BCUT2D eigenvalue weighted by molar-refractivity contribution is -0.115. The zero-order chi connectivity index (χ0) is 21.4. The maximum atomic E-state index is 13.4. The van der Waals surface area contributed by atoms with Crippen LogP contribution in [0.15, 0.2) is 42.5 Å². The highest BCUT2D eigenvalue weighted by atomic mass is 32.2. The van der Waals surface area contributed by atoms with Crippen LogP contribution in [0.5, 0.6) is 11.5 Å². The number of nitrogens with one attached hydrogen (secondary N) is 1. The first-order valence-electron chi connectivity index (χ1n) is 9.47. The average molecular weight is 428 g/mol. The third-order valence-electron chi connectivity index (χ3n) is 5.11. The largest absolute Gasteiger partial charge is 0.493 e. The van der Waals surface area contributed by atoms with E-state index in [1.54, 1.807) is 31.0 Å². The van der Waals surface area contributed by atoms with Gasteiger partial charge in [-0.25, -0.2) is 9.07 Å². The lowest BCUT2D eigenvalue weighted by Gasteiger charge is -2.21. The Balaban J connectivity index is 1.94. The van der Waals surface area contributed by atoms with E-state index in [2.05, 4.69) is 10.4 Å². The summed E-state index contributed by atoms with van der Waals surface area (Å²) in [4.78, 5) is 12.8. The van der Waals surface area contributed by atoms with Crippen molar-refractivity contribution in [1.82, 2.24) is 9.78 Å². The van der Waals surface area contributed by atoms with Crippen LogP contribution < -0.4 is 14.8 Å². The molecule has 0 spiro atoms. The quantitative estimate of drug-likeness (QED) is 0.664. The number of para-hydroxylation sites is 1. The molecule has 1 N–H and O–H groups in total. The molecule has 1 aromatic heterocycles. The number of benzene rings is 2. The highest BCUT2D eigenvalue weighted by Gasteiger charge is 2.35. The van der Waals surface area contributed by atoms with Crippen LogP contribution in [0, 0.1) is 12.7 Å². The van der Waals surface area contributed by atoms with Gasteiger partial charge in [-0.3, -0.25) is 4.79 Å². The molecule has 1 amide bonds. The Labute approximate surface area is 178 Å². The minimum atomic E-state index is -0.332. The van der Waals surface area contributed by atoms with E-state index in [4.69, 9.17) is 9.47 Å². The predicted octanol–water partition coefficient (Wildman–Crippen LogP) is 4.50. The van der Waals surface area contributed by atoms with E-state index in [0.717, 1.165) is 16.8 Å². The summed E-state index contributed by atoms with van der Waals surface area (Å²) in [5, 5.41) is 7.16. The fourth-order valence-corrected chi connectivity index (χ4v) is 4.98. The zero-order valence-electron chi connectivity index (χ0n) is 17.1. The van der Waals surface area contributed by atoms with E-state index >= 15 is 0 Å². The highest BCUT2D eigenvalue weighted by Crippen LogP contribution is 2.50. The number of amides is 1. The molecular formula is C22H22FN3O3S. The Bertz CT molecular complexity index is 1100. The number of nitrogens with zero attached hydrogens (tertiary/aromatic N) is 2. The van der Waals surface area contributed by atoms with Crippen molar-refractivity contribution in [3.8, 4) is 17.2 Å². The van der Waals surface area contributed by atoms with Gasteiger partial charge in [0.15, 0.2) is 11.5 Å². The van der Waals surface area contributed by atoms with Crippen LogP contribution in [0.2, 0.25) is 0 Å². The first kappa shape index (κ1) is 20.3. The van der Waals surface area contributed by atoms with E-state index < -0.39 is 0 Å². The molecule has 4 rings (SSSR count). The van der Waals surface area contributed by atoms with Crippen LogP contribution in [0.3, 0.4) is 0 Å². The number of rotatable bonds is 4. The molecule has 0 saturated heterocycles. The fraction of sp³-hybridized carbons (Fsp3) is 0.273. The van der Waals surface area contributed by atoms with Crippen molar-refractivity contribution in [2.45, 2.75) is 24.3 Å². The lowest BCUT2D eigenvalue weighted by Crippen LogP contribution is -2.22. The molecule has 6 nitrogen and oxygen atoms in total. The van der Waals surface area contributed by atoms with Gasteiger partial charge in [0.05, 0.1) is 36.1 Å². The molecule has 156 valence electrons. The Kier molecular flexibility index (Phi) is 5.42. The van der Waals surface area contributed by atoms with Crippen LogP contribution in [0.1, 0.15) is 29.0 Å². The number of anilines is 1. The standard InChI is InChI=1S/C22H22FN3O3S/c1-12-18-20(16-6-5-7-17(28-3)19(16)29-4)30-13(2)22(27)24-21(18)26(25-12)15-10-8-14(23)9-11-15/h5-11,13,20H,1-4H3,(H,24,27)/t13-,20+/m0/s1. The van der Waals surface area contributed by atoms with Gasteiger partial charge >= 0.3 is 0 Å². The maximum Gasteiger partial charge on any atom is 0.238 e. The monoisotopic (exact) mass is 427 g/mol. The van der Waals surface area contributed by atoms with Gasteiger partial charge in [-0.05, 0) is 44.2 Å². The van der Waals surface area contributed by atoms with E-state index in [-0.39, 0.29) is 22.2 Å². The Morgan fingerprint density at radius 2 is 1.87 bits per heavy atom. The van der Waals surface area contributed by atoms with E-state index in [1.807, 2.05) is 32.0 Å². The number of aromatic nitrogens is 2. The summed E-state index contributed by atoms with van der Waals surface area (Å²) in [7, 11) is 3.20. The van der Waals surface area contributed by atoms with Gasteiger partial charge in [0.25, 0.3) is 0 Å². The summed E-state index contributed by atoms with van der Waals surface area (Å²) < 4.78 is 26.2. The summed E-state index contributed by atoms with van der Waals surface area (Å²) in [5.74, 6) is 1.38. The number of aryl methyl sites for hydroxylation is 1. The second-order valence-electron chi connectivity index (χ2n) is 6.97. The summed E-state index contributed by atoms with van der Waals surface area (Å²) >= 11 is 1.52. The van der Waals surface area contributed by atoms with Crippen molar-refractivity contribution in [3.05, 3.63) is 65.1 Å². The van der Waals surface area contributed by atoms with Crippen LogP contribution in [-0.2, 0) is 4.79 Å². The minimum Gasteiger partial charge on any atom is -0.493 e. The van der Waals surface area contributed by atoms with E-state index in [1.165, 1.54) is 23.9 Å². The molecule has 0 fully saturated rings. The summed E-state index contributed by atoms with van der Waals surface area (Å²) in [6, 6.07) is 11.7. The second-order valence-corrected chi connectivity index (χ2v) is 8.42. The smallest absolute Gasteiger partial charge is 0.238 e. The van der Waals surface area contributed by atoms with Gasteiger partial charge in [0, 0.05) is 11.1 Å². The van der Waals surface area contributed by atoms with Gasteiger partial charge in [-0.15, -0.1) is 11.8 Å². The third-order valence-corrected chi connectivity index (χ3v) is 6.49. The van der Waals surface area contributed by atoms with Crippen molar-refractivity contribution in [2.75, 3.05) is 19.5 Å². The first-order chi connectivity index (χ1) is 14.4. The van der Waals surface area contributed by atoms with Crippen molar-refractivity contribution in [3.63, 3.8) is 0 Å². The Hall–Kier alpha value is -3.00. The normalized spacial score (nSPS) is 18.4. The number of methoxy groups -OCH3 is 2. The van der Waals surface area contributed by atoms with Crippen molar-refractivity contribution in [2.24, 2.45) is 0 Å². The fourth-order valence-electron chi connectivity index (χ4n) is 3.64. The molecule has 8 heteroatoms. The van der Waals surface area contributed by atoms with E-state index in [0.29, 0.717) is 23.0 Å². The lowest BCUT2D eigenvalue weighted by atomic mass is 10.0. The Morgan fingerprint density at radius 3 is 2.53 bits per heavy atom. The zero-order valence-corrected chi connectivity index (χ0v) is 17.9. The number of fused-ring (bicyclic) bond motifs is 1. The van der Waals surface area contributed by atoms with Crippen LogP contribution in [0.25, 0.3) is 5.69 Å². The van der Waals surface area contributed by atoms with Crippen LogP contribution in [0.4, 0.5) is 10.2 Å². The molecule has 0 saturated carbocycles. The number of carbonyl (C=O) groups is 1. The molecule has 1 aliphatic heterocycles. The number of carbonyl (C=O) groups excluding carboxylic acids is 1. The van der Waals surface area contributed by atoms with E-state index in [9.17, 15) is 9.18 Å². The molecule has 2 aromatic carbocycles. The summed E-state index contributed by atoms with van der Waals surface area (Å²) in [6.45, 7) is 3.78. The second kappa shape index (κ2) is 8.02. The topological polar surface area (TPSA) is 65.4 Å². The summed E-state index contributed by atoms with van der Waals surface area (Å²) in [5.41, 5.74) is 3.21. The van der Waals surface area contributed by atoms with Crippen LogP contribution >= 0.6 is 11.8 Å². The molecule has 0 bridgehead atoms. The molecule has 0 radical (unpaired) electrons. The highest BCUT2D eigenvalue weighted by molar-refractivity contribution is 8.01. The van der Waals surface area contributed by atoms with Crippen LogP contribution in [-0.4, -0.2) is 35.2 Å². The molecular weight excluding hydrogens is 405 g/mol. The number of thioether (sulfide) groups is 1. The molecule has 3 aromatic rings. The molecule has 2 atom stereocenters. The van der Waals surface area contributed by atoms with Crippen molar-refractivity contribution >= 4 is 23.5 Å². The third kappa shape index (κ3) is 3.41. The van der Waals surface area contributed by atoms with Gasteiger partial charge in [0.1, 0.15) is 11.6 Å². The first-order valence-corrected chi connectivity index (χ1v) is 10.4. The van der Waals surface area contributed by atoms with Gasteiger partial charge < -0.3 is 14.8 Å². The van der Waals surface area contributed by atoms with Gasteiger partial charge in [-0.1, -0.05) is 12.1 Å². The molecule has 0 aliphatic carbocycles.